The number of sulfone groups is 1. The van der Waals surface area contributed by atoms with Crippen molar-refractivity contribution in [3.05, 3.63) is 0 Å². The lowest BCUT2D eigenvalue weighted by Crippen LogP contribution is -2.57. The highest BCUT2D eigenvalue weighted by molar-refractivity contribution is 8.01. The van der Waals surface area contributed by atoms with Crippen LogP contribution in [0.25, 0.3) is 0 Å². The summed E-state index contributed by atoms with van der Waals surface area (Å²) in [6.07, 6.45) is 0.815. The predicted molar refractivity (Wildman–Crippen MR) is 74.5 cm³/mol. The van der Waals surface area contributed by atoms with Gasteiger partial charge in [-0.15, -0.1) is 0 Å². The molecule has 7 heteroatoms. The lowest BCUT2D eigenvalue weighted by atomic mass is 9.99. The molecule has 0 bridgehead atoms. The second kappa shape index (κ2) is 5.66. The van der Waals surface area contributed by atoms with Gasteiger partial charge in [-0.2, -0.15) is 11.8 Å². The van der Waals surface area contributed by atoms with Gasteiger partial charge in [0.15, 0.2) is 9.84 Å². The van der Waals surface area contributed by atoms with Crippen LogP contribution < -0.4 is 5.73 Å². The average Bonchev–Trinajstić information content (AvgIpc) is 2.76. The topological polar surface area (TPSA) is 72.6 Å². The maximum atomic E-state index is 12.1. The van der Waals surface area contributed by atoms with Crippen molar-refractivity contribution in [2.45, 2.75) is 24.3 Å². The van der Waals surface area contributed by atoms with Crippen LogP contribution in [0.4, 0.5) is 0 Å². The van der Waals surface area contributed by atoms with E-state index in [0.29, 0.717) is 25.5 Å². The number of nitrogens with two attached hydrogens (primary N) is 1. The number of rotatable bonds is 4. The number of nitrogens with zero attached hydrogens (tertiary/aromatic N) is 1. The van der Waals surface area contributed by atoms with E-state index in [1.54, 1.807) is 18.7 Å². The zero-order valence-electron chi connectivity index (χ0n) is 10.8. The number of hydrogen-bond donors (Lipinski definition) is 1. The molecule has 2 heterocycles. The van der Waals surface area contributed by atoms with E-state index in [0.717, 1.165) is 18.7 Å². The first-order valence-corrected chi connectivity index (χ1v) is 9.24. The molecule has 2 saturated heterocycles. The monoisotopic (exact) mass is 294 g/mol. The molecule has 2 atom stereocenters. The minimum atomic E-state index is -3.03. The molecule has 2 rings (SSSR count). The molecule has 2 unspecified atom stereocenters. The molecule has 0 aliphatic carbocycles. The summed E-state index contributed by atoms with van der Waals surface area (Å²) in [5.41, 5.74) is 5.90. The van der Waals surface area contributed by atoms with Crippen LogP contribution in [0.1, 0.15) is 13.3 Å². The van der Waals surface area contributed by atoms with Gasteiger partial charge >= 0.3 is 0 Å². The summed E-state index contributed by atoms with van der Waals surface area (Å²) in [7, 11) is -3.03. The van der Waals surface area contributed by atoms with Crippen molar-refractivity contribution in [3.63, 3.8) is 0 Å². The van der Waals surface area contributed by atoms with Crippen LogP contribution in [0.2, 0.25) is 0 Å². The van der Waals surface area contributed by atoms with Gasteiger partial charge in [0.25, 0.3) is 0 Å². The van der Waals surface area contributed by atoms with E-state index in [4.69, 9.17) is 10.5 Å². The lowest BCUT2D eigenvalue weighted by molar-refractivity contribution is 0.151. The molecule has 0 aromatic rings. The molecule has 106 valence electrons. The molecule has 0 radical (unpaired) electrons. The first-order valence-electron chi connectivity index (χ1n) is 6.37. The zero-order chi connectivity index (χ0) is 13.2. The Morgan fingerprint density at radius 1 is 1.56 bits per heavy atom. The van der Waals surface area contributed by atoms with Crippen LogP contribution in [0.15, 0.2) is 0 Å². The Morgan fingerprint density at radius 3 is 2.94 bits per heavy atom. The van der Waals surface area contributed by atoms with Crippen LogP contribution >= 0.6 is 11.8 Å². The van der Waals surface area contributed by atoms with Crippen LogP contribution in [-0.4, -0.2) is 67.8 Å². The summed E-state index contributed by atoms with van der Waals surface area (Å²) >= 11 is 1.71. The Hall–Kier alpha value is 0.180. The van der Waals surface area contributed by atoms with E-state index in [9.17, 15) is 8.42 Å². The first-order chi connectivity index (χ1) is 8.47. The van der Waals surface area contributed by atoms with Crippen molar-refractivity contribution < 1.29 is 13.2 Å². The van der Waals surface area contributed by atoms with E-state index in [-0.39, 0.29) is 16.7 Å². The van der Waals surface area contributed by atoms with E-state index >= 15 is 0 Å². The average molecular weight is 294 g/mol. The molecular weight excluding hydrogens is 272 g/mol. The molecule has 0 aromatic heterocycles. The van der Waals surface area contributed by atoms with Crippen LogP contribution in [0.3, 0.4) is 0 Å². The summed E-state index contributed by atoms with van der Waals surface area (Å²) < 4.78 is 29.6. The van der Waals surface area contributed by atoms with Crippen molar-refractivity contribution in [1.29, 1.82) is 0 Å². The molecule has 5 nitrogen and oxygen atoms in total. The van der Waals surface area contributed by atoms with E-state index in [1.165, 1.54) is 0 Å². The third-order valence-electron chi connectivity index (χ3n) is 3.66. The highest BCUT2D eigenvalue weighted by Gasteiger charge is 2.39. The molecule has 0 amide bonds. The third kappa shape index (κ3) is 3.19. The molecule has 2 aliphatic heterocycles. The minimum Gasteiger partial charge on any atom is -0.379 e. The van der Waals surface area contributed by atoms with Crippen LogP contribution in [0, 0.1) is 0 Å². The Labute approximate surface area is 113 Å². The Morgan fingerprint density at radius 2 is 2.33 bits per heavy atom. The fourth-order valence-corrected chi connectivity index (χ4v) is 5.55. The quantitative estimate of drug-likeness (QED) is 0.781. The number of thioether (sulfide) groups is 1. The first kappa shape index (κ1) is 14.6. The smallest absolute Gasteiger partial charge is 0.166 e. The standard InChI is InChI=1S/C11H22N2O3S2/c1-2-18(14,15)10-7-17-6-4-13(10)8-11(12)3-5-16-9-11/h10H,2-9,12H2,1H3. The molecule has 2 fully saturated rings. The maximum absolute atomic E-state index is 12.1. The lowest BCUT2D eigenvalue weighted by Gasteiger charge is -2.39. The van der Waals surface area contributed by atoms with Gasteiger partial charge in [-0.1, -0.05) is 6.92 Å². The third-order valence-corrected chi connectivity index (χ3v) is 6.99. The minimum absolute atomic E-state index is 0.197. The fourth-order valence-electron chi connectivity index (χ4n) is 2.47. The van der Waals surface area contributed by atoms with E-state index in [2.05, 4.69) is 0 Å². The summed E-state index contributed by atoms with van der Waals surface area (Å²) in [6.45, 7) is 4.36. The molecule has 2 aliphatic rings. The largest absolute Gasteiger partial charge is 0.379 e. The van der Waals surface area contributed by atoms with Gasteiger partial charge in [0.2, 0.25) is 0 Å². The molecule has 18 heavy (non-hydrogen) atoms. The molecule has 0 aromatic carbocycles. The summed E-state index contributed by atoms with van der Waals surface area (Å²) in [5.74, 6) is 1.84. The van der Waals surface area contributed by atoms with Crippen molar-refractivity contribution >= 4 is 21.6 Å². The van der Waals surface area contributed by atoms with Crippen LogP contribution in [-0.2, 0) is 14.6 Å². The molecular formula is C11H22N2O3S2. The van der Waals surface area contributed by atoms with Crippen molar-refractivity contribution in [1.82, 2.24) is 4.90 Å². The zero-order valence-corrected chi connectivity index (χ0v) is 12.4. The van der Waals surface area contributed by atoms with Gasteiger partial charge in [0.05, 0.1) is 12.1 Å². The Bertz CT molecular complexity index is 380. The summed E-state index contributed by atoms with van der Waals surface area (Å²) in [5, 5.41) is -0.373. The van der Waals surface area contributed by atoms with Gasteiger partial charge in [-0.3, -0.25) is 4.90 Å². The number of hydrogen-bond acceptors (Lipinski definition) is 6. The Balaban J connectivity index is 2.08. The van der Waals surface area contributed by atoms with Gasteiger partial charge in [0, 0.05) is 37.0 Å². The second-order valence-electron chi connectivity index (χ2n) is 5.12. The summed E-state index contributed by atoms with van der Waals surface area (Å²) in [4.78, 5) is 2.05. The van der Waals surface area contributed by atoms with Gasteiger partial charge < -0.3 is 10.5 Å². The van der Waals surface area contributed by atoms with Crippen molar-refractivity contribution in [2.75, 3.05) is 43.6 Å². The SMILES string of the molecule is CCS(=O)(=O)C1CSCCN1CC1(N)CCOC1. The van der Waals surface area contributed by atoms with Gasteiger partial charge in [-0.25, -0.2) is 8.42 Å². The maximum Gasteiger partial charge on any atom is 0.166 e. The predicted octanol–water partition coefficient (Wildman–Crippen LogP) is -0.0862. The highest BCUT2D eigenvalue weighted by atomic mass is 32.2. The molecule has 2 N–H and O–H groups in total. The van der Waals surface area contributed by atoms with Gasteiger partial charge in [0.1, 0.15) is 5.37 Å². The van der Waals surface area contributed by atoms with Gasteiger partial charge in [-0.05, 0) is 6.42 Å². The fraction of sp³-hybridized carbons (Fsp3) is 1.00. The summed E-state index contributed by atoms with van der Waals surface area (Å²) in [6, 6.07) is 0. The molecule has 0 spiro atoms. The normalized spacial score (nSPS) is 34.9. The van der Waals surface area contributed by atoms with Crippen molar-refractivity contribution in [3.8, 4) is 0 Å². The second-order valence-corrected chi connectivity index (χ2v) is 8.71. The highest BCUT2D eigenvalue weighted by Crippen LogP contribution is 2.25. The van der Waals surface area contributed by atoms with Crippen LogP contribution in [0.5, 0.6) is 0 Å². The van der Waals surface area contributed by atoms with Crippen molar-refractivity contribution in [2.24, 2.45) is 5.73 Å². The van der Waals surface area contributed by atoms with E-state index < -0.39 is 9.84 Å². The number of ether oxygens (including phenoxy) is 1. The molecule has 0 saturated carbocycles. The van der Waals surface area contributed by atoms with E-state index in [1.807, 2.05) is 4.90 Å². The Kier molecular flexibility index (Phi) is 4.59.